The van der Waals surface area contributed by atoms with Crippen molar-refractivity contribution in [1.82, 2.24) is 14.7 Å². The van der Waals surface area contributed by atoms with Gasteiger partial charge >= 0.3 is 6.61 Å². The first kappa shape index (κ1) is 21.3. The first-order chi connectivity index (χ1) is 15.6. The zero-order valence-corrected chi connectivity index (χ0v) is 17.1. The largest absolute Gasteiger partial charge is 0.487 e. The number of alkyl halides is 2. The first-order valence-electron chi connectivity index (χ1n) is 10.0. The molecule has 4 aromatic rings. The molecule has 0 fully saturated rings. The van der Waals surface area contributed by atoms with Crippen molar-refractivity contribution >= 4 is 11.6 Å². The maximum Gasteiger partial charge on any atom is 0.387 e. The number of nitrogens with zero attached hydrogens (tertiary/aromatic N) is 2. The average Bonchev–Trinajstić information content (AvgIpc) is 3.22. The van der Waals surface area contributed by atoms with Gasteiger partial charge in [-0.3, -0.25) is 4.79 Å². The fourth-order valence-corrected chi connectivity index (χ4v) is 3.20. The van der Waals surface area contributed by atoms with E-state index in [4.69, 9.17) is 4.74 Å². The summed E-state index contributed by atoms with van der Waals surface area (Å²) in [4.78, 5) is 17.0. The standard InChI is InChI=1S/C24H21F2N3O3/c25-24(26)32-20-9-7-17(8-10-20)11-12-27-23(30)18-4-3-5-21(14-18)31-16-19-15-29-13-2-1-6-22(29)28-19/h1-10,13-15,24H,11-12,16H2,(H,27,30). The molecule has 0 atom stereocenters. The molecule has 0 spiro atoms. The molecule has 1 N–H and O–H groups in total. The highest BCUT2D eigenvalue weighted by Crippen LogP contribution is 2.17. The first-order valence-corrected chi connectivity index (χ1v) is 10.0. The van der Waals surface area contributed by atoms with E-state index in [1.54, 1.807) is 36.4 Å². The van der Waals surface area contributed by atoms with E-state index in [-0.39, 0.29) is 18.3 Å². The van der Waals surface area contributed by atoms with Crippen molar-refractivity contribution < 1.29 is 23.0 Å². The van der Waals surface area contributed by atoms with E-state index in [0.717, 1.165) is 16.9 Å². The molecule has 8 heteroatoms. The van der Waals surface area contributed by atoms with Crippen molar-refractivity contribution in [3.8, 4) is 11.5 Å². The number of pyridine rings is 1. The Balaban J connectivity index is 1.28. The number of amides is 1. The quantitative estimate of drug-likeness (QED) is 0.419. The molecule has 1 amide bonds. The molecule has 0 aliphatic carbocycles. The van der Waals surface area contributed by atoms with Crippen molar-refractivity contribution in [3.05, 3.63) is 95.9 Å². The maximum absolute atomic E-state index is 12.5. The predicted octanol–water partition coefficient (Wildman–Crippen LogP) is 4.49. The number of rotatable bonds is 9. The number of carbonyl (C=O) groups is 1. The van der Waals surface area contributed by atoms with Crippen LogP contribution in [0.5, 0.6) is 11.5 Å². The van der Waals surface area contributed by atoms with Crippen molar-refractivity contribution in [2.75, 3.05) is 6.54 Å². The normalized spacial score (nSPS) is 11.0. The van der Waals surface area contributed by atoms with Crippen LogP contribution in [0.25, 0.3) is 5.65 Å². The minimum Gasteiger partial charge on any atom is -0.487 e. The lowest BCUT2D eigenvalue weighted by molar-refractivity contribution is -0.0498. The molecule has 0 saturated heterocycles. The predicted molar refractivity (Wildman–Crippen MR) is 115 cm³/mol. The summed E-state index contributed by atoms with van der Waals surface area (Å²) in [6, 6.07) is 19.1. The number of carbonyl (C=O) groups excluding carboxylic acids is 1. The second-order valence-corrected chi connectivity index (χ2v) is 7.04. The topological polar surface area (TPSA) is 64.9 Å². The lowest BCUT2D eigenvalue weighted by atomic mass is 10.1. The van der Waals surface area contributed by atoms with Gasteiger partial charge in [0.05, 0.1) is 5.69 Å². The van der Waals surface area contributed by atoms with Gasteiger partial charge in [-0.05, 0) is 54.4 Å². The van der Waals surface area contributed by atoms with E-state index >= 15 is 0 Å². The molecule has 2 aromatic carbocycles. The monoisotopic (exact) mass is 437 g/mol. The van der Waals surface area contributed by atoms with Gasteiger partial charge in [-0.1, -0.05) is 24.3 Å². The Morgan fingerprint density at radius 3 is 2.66 bits per heavy atom. The number of nitrogens with one attached hydrogen (secondary N) is 1. The minimum absolute atomic E-state index is 0.105. The molecule has 0 aliphatic heterocycles. The fraction of sp³-hybridized carbons (Fsp3) is 0.167. The molecule has 2 heterocycles. The lowest BCUT2D eigenvalue weighted by Crippen LogP contribution is -2.25. The third-order valence-corrected chi connectivity index (χ3v) is 4.74. The van der Waals surface area contributed by atoms with Crippen molar-refractivity contribution in [3.63, 3.8) is 0 Å². The van der Waals surface area contributed by atoms with Crippen LogP contribution >= 0.6 is 0 Å². The van der Waals surface area contributed by atoms with Gasteiger partial charge in [0, 0.05) is 24.5 Å². The number of aromatic nitrogens is 2. The fourth-order valence-electron chi connectivity index (χ4n) is 3.20. The SMILES string of the molecule is O=C(NCCc1ccc(OC(F)F)cc1)c1cccc(OCc2cn3ccccc3n2)c1. The Bertz CT molecular complexity index is 1160. The molecule has 0 radical (unpaired) electrons. The highest BCUT2D eigenvalue weighted by molar-refractivity contribution is 5.94. The highest BCUT2D eigenvalue weighted by atomic mass is 19.3. The van der Waals surface area contributed by atoms with Crippen LogP contribution in [0.2, 0.25) is 0 Å². The van der Waals surface area contributed by atoms with Crippen LogP contribution in [0, 0.1) is 0 Å². The molecule has 0 aliphatic rings. The lowest BCUT2D eigenvalue weighted by Gasteiger charge is -2.09. The summed E-state index contributed by atoms with van der Waals surface area (Å²) in [5.74, 6) is 0.457. The van der Waals surface area contributed by atoms with Crippen LogP contribution in [-0.4, -0.2) is 28.4 Å². The number of hydrogen-bond acceptors (Lipinski definition) is 4. The summed E-state index contributed by atoms with van der Waals surface area (Å²) in [6.07, 6.45) is 4.38. The highest BCUT2D eigenvalue weighted by Gasteiger charge is 2.08. The van der Waals surface area contributed by atoms with Gasteiger partial charge in [-0.2, -0.15) is 8.78 Å². The van der Waals surface area contributed by atoms with E-state index in [0.29, 0.717) is 24.3 Å². The number of benzene rings is 2. The number of fused-ring (bicyclic) bond motifs is 1. The summed E-state index contributed by atoms with van der Waals surface area (Å²) in [5.41, 5.74) is 3.01. The summed E-state index contributed by atoms with van der Waals surface area (Å²) in [6.45, 7) is -2.16. The number of imidazole rings is 1. The molecule has 164 valence electrons. The van der Waals surface area contributed by atoms with Gasteiger partial charge in [0.25, 0.3) is 5.91 Å². The van der Waals surface area contributed by atoms with E-state index < -0.39 is 6.61 Å². The van der Waals surface area contributed by atoms with Gasteiger partial charge in [0.15, 0.2) is 0 Å². The van der Waals surface area contributed by atoms with E-state index in [1.807, 2.05) is 35.0 Å². The minimum atomic E-state index is -2.85. The maximum atomic E-state index is 12.5. The van der Waals surface area contributed by atoms with Crippen molar-refractivity contribution in [1.29, 1.82) is 0 Å². The number of hydrogen-bond donors (Lipinski definition) is 1. The third-order valence-electron chi connectivity index (χ3n) is 4.74. The Kier molecular flexibility index (Phi) is 6.60. The van der Waals surface area contributed by atoms with Crippen LogP contribution in [-0.2, 0) is 13.0 Å². The van der Waals surface area contributed by atoms with Crippen molar-refractivity contribution in [2.24, 2.45) is 0 Å². The molecule has 0 saturated carbocycles. The Hall–Kier alpha value is -3.94. The van der Waals surface area contributed by atoms with Gasteiger partial charge < -0.3 is 19.2 Å². The summed E-state index contributed by atoms with van der Waals surface area (Å²) >= 11 is 0. The van der Waals surface area contributed by atoms with E-state index in [2.05, 4.69) is 15.0 Å². The Labute approximate surface area is 183 Å². The molecule has 4 rings (SSSR count). The smallest absolute Gasteiger partial charge is 0.387 e. The number of ether oxygens (including phenoxy) is 2. The van der Waals surface area contributed by atoms with E-state index in [1.165, 1.54) is 12.1 Å². The Morgan fingerprint density at radius 2 is 1.88 bits per heavy atom. The molecular formula is C24H21F2N3O3. The summed E-state index contributed by atoms with van der Waals surface area (Å²) < 4.78 is 36.4. The summed E-state index contributed by atoms with van der Waals surface area (Å²) in [5, 5.41) is 2.85. The molecule has 0 unspecified atom stereocenters. The van der Waals surface area contributed by atoms with Crippen molar-refractivity contribution in [2.45, 2.75) is 19.6 Å². The summed E-state index contributed by atoms with van der Waals surface area (Å²) in [7, 11) is 0. The third kappa shape index (κ3) is 5.60. The number of halogens is 2. The molecular weight excluding hydrogens is 416 g/mol. The average molecular weight is 437 g/mol. The van der Waals surface area contributed by atoms with Gasteiger partial charge in [0.1, 0.15) is 23.8 Å². The Morgan fingerprint density at radius 1 is 1.03 bits per heavy atom. The van der Waals surface area contributed by atoms with Crippen LogP contribution in [0.3, 0.4) is 0 Å². The molecule has 6 nitrogen and oxygen atoms in total. The second-order valence-electron chi connectivity index (χ2n) is 7.04. The van der Waals surface area contributed by atoms with E-state index in [9.17, 15) is 13.6 Å². The zero-order valence-electron chi connectivity index (χ0n) is 17.1. The molecule has 0 bridgehead atoms. The van der Waals surface area contributed by atoms with Crippen LogP contribution < -0.4 is 14.8 Å². The zero-order chi connectivity index (χ0) is 22.3. The van der Waals surface area contributed by atoms with Gasteiger partial charge in [-0.15, -0.1) is 0 Å². The van der Waals surface area contributed by atoms with Crippen LogP contribution in [0.15, 0.2) is 79.1 Å². The molecule has 2 aromatic heterocycles. The van der Waals surface area contributed by atoms with Gasteiger partial charge in [-0.25, -0.2) is 4.98 Å². The van der Waals surface area contributed by atoms with Crippen LogP contribution in [0.4, 0.5) is 8.78 Å². The molecule has 32 heavy (non-hydrogen) atoms. The second kappa shape index (κ2) is 9.91. The van der Waals surface area contributed by atoms with Gasteiger partial charge in [0.2, 0.25) is 0 Å². The van der Waals surface area contributed by atoms with Crippen LogP contribution in [0.1, 0.15) is 21.6 Å².